The van der Waals surface area contributed by atoms with Crippen LogP contribution >= 0.6 is 0 Å². The van der Waals surface area contributed by atoms with E-state index >= 15 is 0 Å². The molecule has 0 bridgehead atoms. The van der Waals surface area contributed by atoms with Crippen LogP contribution in [0.1, 0.15) is 21.5 Å². The van der Waals surface area contributed by atoms with Crippen molar-refractivity contribution in [3.63, 3.8) is 0 Å². The first-order chi connectivity index (χ1) is 11.8. The maximum atomic E-state index is 10.8. The van der Waals surface area contributed by atoms with E-state index in [0.29, 0.717) is 5.56 Å². The van der Waals surface area contributed by atoms with Gasteiger partial charge in [-0.25, -0.2) is 0 Å². The zero-order valence-corrected chi connectivity index (χ0v) is 13.1. The second kappa shape index (κ2) is 6.17. The summed E-state index contributed by atoms with van der Waals surface area (Å²) in [5, 5.41) is 1.10. The Hall–Kier alpha value is -3.13. The molecule has 24 heavy (non-hydrogen) atoms. The maximum Gasteiger partial charge on any atom is 0.150 e. The highest BCUT2D eigenvalue weighted by Crippen LogP contribution is 2.29. The Morgan fingerprint density at radius 2 is 1.58 bits per heavy atom. The number of rotatable bonds is 4. The predicted octanol–water partition coefficient (Wildman–Crippen LogP) is 5.50. The lowest BCUT2D eigenvalue weighted by Crippen LogP contribution is -1.86. The van der Waals surface area contributed by atoms with Crippen molar-refractivity contribution in [2.75, 3.05) is 0 Å². The molecule has 116 valence electrons. The first-order valence-corrected chi connectivity index (χ1v) is 7.94. The van der Waals surface area contributed by atoms with Gasteiger partial charge in [-0.3, -0.25) is 4.79 Å². The van der Waals surface area contributed by atoms with Crippen molar-refractivity contribution in [2.45, 2.75) is 6.42 Å². The predicted molar refractivity (Wildman–Crippen MR) is 96.3 cm³/mol. The van der Waals surface area contributed by atoms with E-state index in [2.05, 4.69) is 42.5 Å². The Kier molecular flexibility index (Phi) is 3.72. The zero-order valence-electron chi connectivity index (χ0n) is 13.1. The molecule has 0 aliphatic carbocycles. The maximum absolute atomic E-state index is 10.8. The fraction of sp³-hybridized carbons (Fsp3) is 0.0455. The highest BCUT2D eigenvalue weighted by Gasteiger charge is 2.07. The van der Waals surface area contributed by atoms with Crippen LogP contribution in [-0.2, 0) is 6.42 Å². The lowest BCUT2D eigenvalue weighted by atomic mass is 10.0. The number of benzene rings is 3. The van der Waals surface area contributed by atoms with E-state index < -0.39 is 0 Å². The summed E-state index contributed by atoms with van der Waals surface area (Å²) < 4.78 is 5.94. The topological polar surface area (TPSA) is 30.2 Å². The number of hydrogen-bond donors (Lipinski definition) is 0. The van der Waals surface area contributed by atoms with Crippen LogP contribution in [0.25, 0.3) is 22.3 Å². The van der Waals surface area contributed by atoms with Crippen molar-refractivity contribution < 1.29 is 9.21 Å². The Bertz CT molecular complexity index is 980. The normalized spacial score (nSPS) is 10.8. The SMILES string of the molecule is O=Cc1ccc(-c2cc3cc(Cc4ccccc4)ccc3o2)cc1. The minimum absolute atomic E-state index is 0.667. The van der Waals surface area contributed by atoms with E-state index in [4.69, 9.17) is 4.42 Å². The van der Waals surface area contributed by atoms with Crippen molar-refractivity contribution in [3.8, 4) is 11.3 Å². The van der Waals surface area contributed by atoms with Gasteiger partial charge < -0.3 is 4.42 Å². The van der Waals surface area contributed by atoms with Gasteiger partial charge in [0.2, 0.25) is 0 Å². The van der Waals surface area contributed by atoms with Crippen molar-refractivity contribution in [1.29, 1.82) is 0 Å². The minimum atomic E-state index is 0.667. The lowest BCUT2D eigenvalue weighted by molar-refractivity contribution is 0.112. The van der Waals surface area contributed by atoms with Gasteiger partial charge in [-0.15, -0.1) is 0 Å². The summed E-state index contributed by atoms with van der Waals surface area (Å²) in [6.07, 6.45) is 1.75. The van der Waals surface area contributed by atoms with Crippen LogP contribution < -0.4 is 0 Å². The van der Waals surface area contributed by atoms with Crippen LogP contribution in [0.15, 0.2) is 83.3 Å². The summed E-state index contributed by atoms with van der Waals surface area (Å²) in [5.41, 5.74) is 5.07. The number of hydrogen-bond acceptors (Lipinski definition) is 2. The van der Waals surface area contributed by atoms with Gasteiger partial charge in [0.1, 0.15) is 17.6 Å². The van der Waals surface area contributed by atoms with Gasteiger partial charge >= 0.3 is 0 Å². The summed E-state index contributed by atoms with van der Waals surface area (Å²) in [5.74, 6) is 0.819. The molecular weight excluding hydrogens is 296 g/mol. The molecule has 3 aromatic carbocycles. The molecule has 0 radical (unpaired) electrons. The molecule has 1 heterocycles. The second-order valence-electron chi connectivity index (χ2n) is 5.89. The number of aldehydes is 1. The van der Waals surface area contributed by atoms with Crippen LogP contribution in [0.2, 0.25) is 0 Å². The van der Waals surface area contributed by atoms with Crippen molar-refractivity contribution in [1.82, 2.24) is 0 Å². The summed E-state index contributed by atoms with van der Waals surface area (Å²) in [6, 6.07) is 26.2. The molecule has 0 saturated carbocycles. The second-order valence-corrected chi connectivity index (χ2v) is 5.89. The molecule has 0 spiro atoms. The quantitative estimate of drug-likeness (QED) is 0.466. The molecule has 0 fully saturated rings. The highest BCUT2D eigenvalue weighted by atomic mass is 16.3. The van der Waals surface area contributed by atoms with E-state index in [9.17, 15) is 4.79 Å². The third kappa shape index (κ3) is 2.86. The summed E-state index contributed by atoms with van der Waals surface area (Å²) >= 11 is 0. The number of furan rings is 1. The molecule has 0 aliphatic rings. The smallest absolute Gasteiger partial charge is 0.150 e. The standard InChI is InChI=1S/C22H16O2/c23-15-17-6-9-19(10-7-17)22-14-20-13-18(8-11-21(20)24-22)12-16-4-2-1-3-5-16/h1-11,13-15H,12H2. The fourth-order valence-corrected chi connectivity index (χ4v) is 2.90. The monoisotopic (exact) mass is 312 g/mol. The molecule has 2 heteroatoms. The van der Waals surface area contributed by atoms with E-state index in [-0.39, 0.29) is 0 Å². The van der Waals surface area contributed by atoms with Crippen LogP contribution in [0.3, 0.4) is 0 Å². The van der Waals surface area contributed by atoms with E-state index in [1.165, 1.54) is 11.1 Å². The molecule has 0 unspecified atom stereocenters. The average molecular weight is 312 g/mol. The molecule has 0 atom stereocenters. The van der Waals surface area contributed by atoms with Gasteiger partial charge in [0.05, 0.1) is 0 Å². The summed E-state index contributed by atoms with van der Waals surface area (Å²) in [6.45, 7) is 0. The molecular formula is C22H16O2. The van der Waals surface area contributed by atoms with E-state index in [1.54, 1.807) is 12.1 Å². The fourth-order valence-electron chi connectivity index (χ4n) is 2.90. The Balaban J connectivity index is 1.66. The zero-order chi connectivity index (χ0) is 16.4. The van der Waals surface area contributed by atoms with Gasteiger partial charge in [-0.1, -0.05) is 60.7 Å². The molecule has 0 saturated heterocycles. The summed E-state index contributed by atoms with van der Waals surface area (Å²) in [4.78, 5) is 10.8. The van der Waals surface area contributed by atoms with Crippen LogP contribution in [0.5, 0.6) is 0 Å². The molecule has 0 aliphatic heterocycles. The van der Waals surface area contributed by atoms with Crippen LogP contribution in [0, 0.1) is 0 Å². The van der Waals surface area contributed by atoms with Gasteiger partial charge in [-0.05, 0) is 35.7 Å². The first kappa shape index (κ1) is 14.5. The molecule has 2 nitrogen and oxygen atoms in total. The Labute approximate surface area is 140 Å². The number of carbonyl (C=O) groups excluding carboxylic acids is 1. The minimum Gasteiger partial charge on any atom is -0.456 e. The molecule has 4 rings (SSSR count). The van der Waals surface area contributed by atoms with Gasteiger partial charge in [-0.2, -0.15) is 0 Å². The van der Waals surface area contributed by atoms with Gasteiger partial charge in [0, 0.05) is 16.5 Å². The third-order valence-electron chi connectivity index (χ3n) is 4.16. The van der Waals surface area contributed by atoms with Gasteiger partial charge in [0.15, 0.2) is 0 Å². The van der Waals surface area contributed by atoms with Crippen molar-refractivity contribution in [3.05, 3.63) is 95.6 Å². The number of carbonyl (C=O) groups is 1. The Morgan fingerprint density at radius 1 is 0.792 bits per heavy atom. The van der Waals surface area contributed by atoms with E-state index in [1.807, 2.05) is 24.3 Å². The first-order valence-electron chi connectivity index (χ1n) is 7.94. The molecule has 1 aromatic heterocycles. The highest BCUT2D eigenvalue weighted by molar-refractivity contribution is 5.84. The molecule has 0 N–H and O–H groups in total. The van der Waals surface area contributed by atoms with Crippen molar-refractivity contribution in [2.24, 2.45) is 0 Å². The largest absolute Gasteiger partial charge is 0.456 e. The van der Waals surface area contributed by atoms with Gasteiger partial charge in [0.25, 0.3) is 0 Å². The number of fused-ring (bicyclic) bond motifs is 1. The molecule has 0 amide bonds. The molecule has 4 aromatic rings. The Morgan fingerprint density at radius 3 is 2.33 bits per heavy atom. The lowest BCUT2D eigenvalue weighted by Gasteiger charge is -2.01. The average Bonchev–Trinajstić information content (AvgIpc) is 3.06. The van der Waals surface area contributed by atoms with E-state index in [0.717, 1.165) is 35.0 Å². The van der Waals surface area contributed by atoms with Crippen molar-refractivity contribution >= 4 is 17.3 Å². The van der Waals surface area contributed by atoms with Crippen LogP contribution in [-0.4, -0.2) is 6.29 Å². The summed E-state index contributed by atoms with van der Waals surface area (Å²) in [7, 11) is 0. The van der Waals surface area contributed by atoms with Crippen LogP contribution in [0.4, 0.5) is 0 Å². The third-order valence-corrected chi connectivity index (χ3v) is 4.16.